The molecule has 4 aromatic rings. The normalized spacial score (nSPS) is 10.9. The number of carbonyl (C=O) groups excluding carboxylic acids is 1. The number of nitrogens with zero attached hydrogens (tertiary/aromatic N) is 5. The van der Waals surface area contributed by atoms with Gasteiger partial charge in [-0.25, -0.2) is 5.43 Å². The van der Waals surface area contributed by atoms with Gasteiger partial charge in [0.2, 0.25) is 5.82 Å². The van der Waals surface area contributed by atoms with Crippen LogP contribution in [0, 0.1) is 0 Å². The van der Waals surface area contributed by atoms with Crippen LogP contribution in [0.2, 0.25) is 0 Å². The van der Waals surface area contributed by atoms with Crippen molar-refractivity contribution in [2.45, 2.75) is 13.5 Å². The molecular weight excluding hydrogens is 432 g/mol. The molecule has 4 rings (SSSR count). The molecule has 0 atom stereocenters. The van der Waals surface area contributed by atoms with E-state index in [-0.39, 0.29) is 5.91 Å². The van der Waals surface area contributed by atoms with Crippen molar-refractivity contribution in [1.82, 2.24) is 25.6 Å². The van der Waals surface area contributed by atoms with Gasteiger partial charge in [-0.3, -0.25) is 4.79 Å². The van der Waals surface area contributed by atoms with Gasteiger partial charge < -0.3 is 9.47 Å². The number of methoxy groups -OCH3 is 1. The van der Waals surface area contributed by atoms with Gasteiger partial charge in [0.05, 0.1) is 26.5 Å². The van der Waals surface area contributed by atoms with E-state index in [2.05, 4.69) is 25.9 Å². The first-order chi connectivity index (χ1) is 16.7. The topological polar surface area (TPSA) is 104 Å². The summed E-state index contributed by atoms with van der Waals surface area (Å²) in [7, 11) is 1.58. The maximum absolute atomic E-state index is 12.4. The van der Waals surface area contributed by atoms with E-state index < -0.39 is 0 Å². The second-order valence-corrected chi connectivity index (χ2v) is 7.25. The lowest BCUT2D eigenvalue weighted by molar-refractivity contribution is 0.0955. The highest BCUT2D eigenvalue weighted by atomic mass is 16.5. The summed E-state index contributed by atoms with van der Waals surface area (Å²) >= 11 is 0. The predicted molar refractivity (Wildman–Crippen MR) is 128 cm³/mol. The number of ether oxygens (including phenoxy) is 2. The Morgan fingerprint density at radius 2 is 1.85 bits per heavy atom. The summed E-state index contributed by atoms with van der Waals surface area (Å²) in [6.07, 6.45) is 1.55. The molecule has 0 spiro atoms. The SMILES string of the molecule is CCOc1cc(/C=N/NC(=O)c2ccc(Cn3nnc(-c4ccccc4)n3)cc2)ccc1OC. The van der Waals surface area contributed by atoms with Gasteiger partial charge in [-0.05, 0) is 53.6 Å². The fourth-order valence-electron chi connectivity index (χ4n) is 3.21. The largest absolute Gasteiger partial charge is 0.493 e. The molecule has 172 valence electrons. The number of hydrogen-bond acceptors (Lipinski definition) is 7. The molecule has 0 unspecified atom stereocenters. The van der Waals surface area contributed by atoms with Crippen LogP contribution in [0.1, 0.15) is 28.4 Å². The molecule has 1 aromatic heterocycles. The van der Waals surface area contributed by atoms with Crippen LogP contribution in [-0.4, -0.2) is 46.0 Å². The first-order valence-corrected chi connectivity index (χ1v) is 10.7. The highest BCUT2D eigenvalue weighted by molar-refractivity contribution is 5.95. The molecule has 0 aliphatic rings. The Labute approximate surface area is 197 Å². The Morgan fingerprint density at radius 1 is 1.06 bits per heavy atom. The molecule has 0 fully saturated rings. The van der Waals surface area contributed by atoms with Crippen LogP contribution in [0.4, 0.5) is 0 Å². The van der Waals surface area contributed by atoms with Crippen molar-refractivity contribution in [3.63, 3.8) is 0 Å². The minimum atomic E-state index is -0.313. The van der Waals surface area contributed by atoms with Gasteiger partial charge in [0.15, 0.2) is 11.5 Å². The van der Waals surface area contributed by atoms with Crippen LogP contribution >= 0.6 is 0 Å². The maximum Gasteiger partial charge on any atom is 0.271 e. The Kier molecular flexibility index (Phi) is 7.24. The smallest absolute Gasteiger partial charge is 0.271 e. The van der Waals surface area contributed by atoms with Crippen LogP contribution in [0.25, 0.3) is 11.4 Å². The fraction of sp³-hybridized carbons (Fsp3) is 0.160. The lowest BCUT2D eigenvalue weighted by atomic mass is 10.1. The standard InChI is InChI=1S/C25H24N6O3/c1-3-34-23-15-19(11-14-22(23)33-2)16-26-28-25(32)21-12-9-18(10-13-21)17-31-29-24(27-30-31)20-7-5-4-6-8-20/h4-16H,3,17H2,1-2H3,(H,28,32)/b26-16+. The van der Waals surface area contributed by atoms with Crippen molar-refractivity contribution in [3.8, 4) is 22.9 Å². The first-order valence-electron chi connectivity index (χ1n) is 10.7. The van der Waals surface area contributed by atoms with Crippen molar-refractivity contribution in [3.05, 3.63) is 89.5 Å². The Morgan fingerprint density at radius 3 is 2.59 bits per heavy atom. The highest BCUT2D eigenvalue weighted by Crippen LogP contribution is 2.27. The first kappa shape index (κ1) is 22.7. The monoisotopic (exact) mass is 456 g/mol. The van der Waals surface area contributed by atoms with Crippen LogP contribution in [-0.2, 0) is 6.54 Å². The van der Waals surface area contributed by atoms with Gasteiger partial charge in [-0.1, -0.05) is 42.5 Å². The van der Waals surface area contributed by atoms with Gasteiger partial charge in [0.1, 0.15) is 0 Å². The fourth-order valence-corrected chi connectivity index (χ4v) is 3.21. The van der Waals surface area contributed by atoms with E-state index in [1.54, 1.807) is 37.6 Å². The van der Waals surface area contributed by atoms with E-state index in [9.17, 15) is 4.79 Å². The third-order valence-electron chi connectivity index (χ3n) is 4.89. The number of aromatic nitrogens is 4. The lowest BCUT2D eigenvalue weighted by Crippen LogP contribution is -2.17. The van der Waals surface area contributed by atoms with Gasteiger partial charge >= 0.3 is 0 Å². The van der Waals surface area contributed by atoms with Gasteiger partial charge in [0.25, 0.3) is 5.91 Å². The average molecular weight is 457 g/mol. The molecule has 1 amide bonds. The number of hydrazone groups is 1. The minimum absolute atomic E-state index is 0.313. The Balaban J connectivity index is 1.34. The minimum Gasteiger partial charge on any atom is -0.493 e. The molecule has 0 bridgehead atoms. The zero-order valence-electron chi connectivity index (χ0n) is 18.9. The molecule has 1 N–H and O–H groups in total. The van der Waals surface area contributed by atoms with E-state index in [4.69, 9.17) is 9.47 Å². The second-order valence-electron chi connectivity index (χ2n) is 7.25. The van der Waals surface area contributed by atoms with Gasteiger partial charge in [0, 0.05) is 11.1 Å². The number of benzene rings is 3. The molecule has 0 saturated heterocycles. The summed E-state index contributed by atoms with van der Waals surface area (Å²) < 4.78 is 10.8. The number of tetrazole rings is 1. The molecule has 0 saturated carbocycles. The Hall–Kier alpha value is -4.53. The maximum atomic E-state index is 12.4. The molecule has 0 aliphatic heterocycles. The number of hydrogen-bond donors (Lipinski definition) is 1. The average Bonchev–Trinajstić information content (AvgIpc) is 3.34. The van der Waals surface area contributed by atoms with Crippen LogP contribution in [0.3, 0.4) is 0 Å². The lowest BCUT2D eigenvalue weighted by Gasteiger charge is -2.09. The summed E-state index contributed by atoms with van der Waals surface area (Å²) in [5, 5.41) is 16.7. The zero-order chi connectivity index (χ0) is 23.8. The summed E-state index contributed by atoms with van der Waals surface area (Å²) in [4.78, 5) is 13.9. The third-order valence-corrected chi connectivity index (χ3v) is 4.89. The van der Waals surface area contributed by atoms with Gasteiger partial charge in [-0.2, -0.15) is 9.90 Å². The van der Waals surface area contributed by atoms with E-state index in [1.807, 2.05) is 55.5 Å². The summed E-state index contributed by atoms with van der Waals surface area (Å²) in [6.45, 7) is 2.86. The molecule has 9 nitrogen and oxygen atoms in total. The number of carbonyl (C=O) groups is 1. The van der Waals surface area contributed by atoms with Crippen LogP contribution in [0.5, 0.6) is 11.5 Å². The molecule has 0 radical (unpaired) electrons. The third kappa shape index (κ3) is 5.63. The highest BCUT2D eigenvalue weighted by Gasteiger charge is 2.08. The number of amides is 1. The van der Waals surface area contributed by atoms with E-state index in [1.165, 1.54) is 4.80 Å². The summed E-state index contributed by atoms with van der Waals surface area (Å²) in [5.41, 5.74) is 5.65. The van der Waals surface area contributed by atoms with Crippen molar-refractivity contribution >= 4 is 12.1 Å². The van der Waals surface area contributed by atoms with Crippen molar-refractivity contribution in [2.24, 2.45) is 5.10 Å². The second kappa shape index (κ2) is 10.9. The molecular formula is C25H24N6O3. The molecule has 1 heterocycles. The number of nitrogens with one attached hydrogen (secondary N) is 1. The molecule has 3 aromatic carbocycles. The quantitative estimate of drug-likeness (QED) is 0.305. The molecule has 34 heavy (non-hydrogen) atoms. The number of rotatable bonds is 9. The van der Waals surface area contributed by atoms with Crippen LogP contribution < -0.4 is 14.9 Å². The molecule has 0 aliphatic carbocycles. The van der Waals surface area contributed by atoms with E-state index in [0.29, 0.717) is 36.0 Å². The predicted octanol–water partition coefficient (Wildman–Crippen LogP) is 3.56. The summed E-state index contributed by atoms with van der Waals surface area (Å²) in [6, 6.07) is 22.2. The van der Waals surface area contributed by atoms with E-state index >= 15 is 0 Å². The van der Waals surface area contributed by atoms with Crippen molar-refractivity contribution in [2.75, 3.05) is 13.7 Å². The van der Waals surface area contributed by atoms with E-state index in [0.717, 1.165) is 16.7 Å². The van der Waals surface area contributed by atoms with Gasteiger partial charge in [-0.15, -0.1) is 10.2 Å². The van der Waals surface area contributed by atoms with Crippen molar-refractivity contribution in [1.29, 1.82) is 0 Å². The van der Waals surface area contributed by atoms with Crippen molar-refractivity contribution < 1.29 is 14.3 Å². The zero-order valence-corrected chi connectivity index (χ0v) is 18.9. The van der Waals surface area contributed by atoms with Crippen LogP contribution in [0.15, 0.2) is 77.9 Å². The Bertz CT molecular complexity index is 1270. The molecule has 9 heteroatoms. The summed E-state index contributed by atoms with van der Waals surface area (Å²) in [5.74, 6) is 1.51.